The highest BCUT2D eigenvalue weighted by Gasteiger charge is 2.11. The number of hydrogen-bond acceptors (Lipinski definition) is 8. The molecule has 0 radical (unpaired) electrons. The van der Waals surface area contributed by atoms with E-state index in [1.54, 1.807) is 6.92 Å². The summed E-state index contributed by atoms with van der Waals surface area (Å²) in [5, 5.41) is 11.0. The van der Waals surface area contributed by atoms with Crippen LogP contribution in [-0.2, 0) is 20.7 Å². The van der Waals surface area contributed by atoms with E-state index < -0.39 is 0 Å². The number of carbonyl (C=O) groups excluding carboxylic acids is 2. The van der Waals surface area contributed by atoms with Crippen molar-refractivity contribution in [2.75, 3.05) is 17.7 Å². The van der Waals surface area contributed by atoms with Crippen LogP contribution in [-0.4, -0.2) is 44.4 Å². The molecule has 27 heavy (non-hydrogen) atoms. The molecule has 2 aromatic heterocycles. The summed E-state index contributed by atoms with van der Waals surface area (Å²) in [7, 11) is 0. The molecular formula is C17H19N5O3S2. The third kappa shape index (κ3) is 5.76. The SMILES string of the molecule is CCOC(=O)CSc1nnc(NC(=O)CCCc2nc3ccccc3[nH]2)s1. The van der Waals surface area contributed by atoms with E-state index in [9.17, 15) is 9.59 Å². The number of fused-ring (bicyclic) bond motifs is 1. The van der Waals surface area contributed by atoms with E-state index in [0.29, 0.717) is 35.3 Å². The molecule has 8 nitrogen and oxygen atoms in total. The smallest absolute Gasteiger partial charge is 0.316 e. The molecule has 1 aromatic carbocycles. The summed E-state index contributed by atoms with van der Waals surface area (Å²) in [6.45, 7) is 2.11. The number of aromatic nitrogens is 4. The lowest BCUT2D eigenvalue weighted by atomic mass is 10.2. The molecule has 10 heteroatoms. The summed E-state index contributed by atoms with van der Waals surface area (Å²) < 4.78 is 5.47. The van der Waals surface area contributed by atoms with Crippen molar-refractivity contribution in [2.24, 2.45) is 0 Å². The van der Waals surface area contributed by atoms with Crippen LogP contribution in [0.25, 0.3) is 11.0 Å². The first-order valence-electron chi connectivity index (χ1n) is 8.49. The Labute approximate surface area is 164 Å². The van der Waals surface area contributed by atoms with Gasteiger partial charge in [0.05, 0.1) is 23.4 Å². The van der Waals surface area contributed by atoms with Gasteiger partial charge in [0, 0.05) is 12.8 Å². The van der Waals surface area contributed by atoms with Gasteiger partial charge in [-0.25, -0.2) is 4.98 Å². The maximum atomic E-state index is 12.1. The van der Waals surface area contributed by atoms with E-state index in [4.69, 9.17) is 4.74 Å². The number of amides is 1. The Morgan fingerprint density at radius 1 is 1.30 bits per heavy atom. The van der Waals surface area contributed by atoms with Gasteiger partial charge in [-0.05, 0) is 25.5 Å². The molecule has 0 bridgehead atoms. The van der Waals surface area contributed by atoms with Crippen molar-refractivity contribution >= 4 is 51.1 Å². The van der Waals surface area contributed by atoms with Crippen LogP contribution >= 0.6 is 23.1 Å². The number of hydrogen-bond donors (Lipinski definition) is 2. The summed E-state index contributed by atoms with van der Waals surface area (Å²) in [5.41, 5.74) is 1.93. The highest BCUT2D eigenvalue weighted by molar-refractivity contribution is 8.01. The average molecular weight is 406 g/mol. The van der Waals surface area contributed by atoms with Crippen LogP contribution in [0.3, 0.4) is 0 Å². The summed E-state index contributed by atoms with van der Waals surface area (Å²) in [4.78, 5) is 31.1. The van der Waals surface area contributed by atoms with Crippen molar-refractivity contribution in [3.05, 3.63) is 30.1 Å². The van der Waals surface area contributed by atoms with Gasteiger partial charge in [-0.1, -0.05) is 35.2 Å². The molecular weight excluding hydrogens is 386 g/mol. The highest BCUT2D eigenvalue weighted by atomic mass is 32.2. The summed E-state index contributed by atoms with van der Waals surface area (Å²) in [5.74, 6) is 0.629. The maximum Gasteiger partial charge on any atom is 0.316 e. The Kier molecular flexibility index (Phi) is 6.77. The van der Waals surface area contributed by atoms with Crippen LogP contribution < -0.4 is 5.32 Å². The van der Waals surface area contributed by atoms with Crippen LogP contribution in [0, 0.1) is 0 Å². The first kappa shape index (κ1) is 19.3. The van der Waals surface area contributed by atoms with Crippen molar-refractivity contribution < 1.29 is 14.3 Å². The second-order valence-corrected chi connectivity index (χ2v) is 7.77. The molecule has 0 fully saturated rings. The first-order valence-corrected chi connectivity index (χ1v) is 10.3. The Balaban J connectivity index is 1.40. The number of rotatable bonds is 9. The zero-order chi connectivity index (χ0) is 19.1. The lowest BCUT2D eigenvalue weighted by Crippen LogP contribution is -2.11. The van der Waals surface area contributed by atoms with E-state index in [2.05, 4.69) is 25.5 Å². The number of aromatic amines is 1. The average Bonchev–Trinajstić information content (AvgIpc) is 3.26. The number of imidazole rings is 1. The fourth-order valence-electron chi connectivity index (χ4n) is 2.36. The van der Waals surface area contributed by atoms with Crippen LogP contribution in [0.1, 0.15) is 25.6 Å². The quantitative estimate of drug-likeness (QED) is 0.320. The van der Waals surface area contributed by atoms with Crippen molar-refractivity contribution in [1.82, 2.24) is 20.2 Å². The van der Waals surface area contributed by atoms with Gasteiger partial charge in [-0.15, -0.1) is 10.2 Å². The Morgan fingerprint density at radius 2 is 2.15 bits per heavy atom. The van der Waals surface area contributed by atoms with Gasteiger partial charge in [-0.3, -0.25) is 9.59 Å². The van der Waals surface area contributed by atoms with Crippen LogP contribution in [0.5, 0.6) is 0 Å². The predicted molar refractivity (Wildman–Crippen MR) is 105 cm³/mol. The van der Waals surface area contributed by atoms with Crippen LogP contribution in [0.2, 0.25) is 0 Å². The van der Waals surface area contributed by atoms with Gasteiger partial charge < -0.3 is 15.0 Å². The third-order valence-corrected chi connectivity index (χ3v) is 5.47. The van der Waals surface area contributed by atoms with Gasteiger partial charge in [0.2, 0.25) is 11.0 Å². The number of para-hydroxylation sites is 2. The minimum absolute atomic E-state index is 0.121. The minimum Gasteiger partial charge on any atom is -0.465 e. The minimum atomic E-state index is -0.297. The van der Waals surface area contributed by atoms with E-state index in [0.717, 1.165) is 16.9 Å². The highest BCUT2D eigenvalue weighted by Crippen LogP contribution is 2.25. The Bertz CT molecular complexity index is 891. The summed E-state index contributed by atoms with van der Waals surface area (Å²) >= 11 is 2.48. The number of carbonyl (C=O) groups is 2. The molecule has 2 heterocycles. The number of nitrogens with one attached hydrogen (secondary N) is 2. The fourth-order valence-corrected chi connectivity index (χ4v) is 3.93. The van der Waals surface area contributed by atoms with E-state index in [-0.39, 0.29) is 17.6 Å². The van der Waals surface area contributed by atoms with E-state index >= 15 is 0 Å². The number of esters is 1. The molecule has 0 aliphatic carbocycles. The molecule has 1 amide bonds. The molecule has 3 rings (SSSR count). The van der Waals surface area contributed by atoms with Gasteiger partial charge in [0.1, 0.15) is 5.82 Å². The lowest BCUT2D eigenvalue weighted by molar-refractivity contribution is -0.139. The van der Waals surface area contributed by atoms with E-state index in [1.165, 1.54) is 23.1 Å². The van der Waals surface area contributed by atoms with E-state index in [1.807, 2.05) is 24.3 Å². The number of anilines is 1. The molecule has 0 spiro atoms. The van der Waals surface area contributed by atoms with Gasteiger partial charge in [0.15, 0.2) is 4.34 Å². The molecule has 142 valence electrons. The Morgan fingerprint density at radius 3 is 2.96 bits per heavy atom. The third-order valence-electron chi connectivity index (χ3n) is 3.53. The van der Waals surface area contributed by atoms with Crippen LogP contribution in [0.4, 0.5) is 5.13 Å². The number of H-pyrrole nitrogens is 1. The molecule has 3 aromatic rings. The lowest BCUT2D eigenvalue weighted by Gasteiger charge is -2.00. The van der Waals surface area contributed by atoms with Gasteiger partial charge in [0.25, 0.3) is 0 Å². The molecule has 0 saturated heterocycles. The van der Waals surface area contributed by atoms with Crippen molar-refractivity contribution in [3.63, 3.8) is 0 Å². The van der Waals surface area contributed by atoms with Crippen molar-refractivity contribution in [1.29, 1.82) is 0 Å². The maximum absolute atomic E-state index is 12.1. The molecule has 0 aliphatic heterocycles. The molecule has 0 unspecified atom stereocenters. The van der Waals surface area contributed by atoms with Gasteiger partial charge >= 0.3 is 5.97 Å². The molecule has 0 saturated carbocycles. The van der Waals surface area contributed by atoms with Gasteiger partial charge in [-0.2, -0.15) is 0 Å². The predicted octanol–water partition coefficient (Wildman–Crippen LogP) is 3.03. The van der Waals surface area contributed by atoms with Crippen molar-refractivity contribution in [3.8, 4) is 0 Å². The Hall–Kier alpha value is -2.46. The fraction of sp³-hybridized carbons (Fsp3) is 0.353. The second kappa shape index (κ2) is 9.47. The molecule has 0 aliphatic rings. The zero-order valence-corrected chi connectivity index (χ0v) is 16.4. The number of ether oxygens (including phenoxy) is 1. The normalized spacial score (nSPS) is 10.9. The topological polar surface area (TPSA) is 110 Å². The number of thioether (sulfide) groups is 1. The number of benzene rings is 1. The zero-order valence-electron chi connectivity index (χ0n) is 14.7. The molecule has 2 N–H and O–H groups in total. The summed E-state index contributed by atoms with van der Waals surface area (Å²) in [6, 6.07) is 7.83. The van der Waals surface area contributed by atoms with Crippen molar-refractivity contribution in [2.45, 2.75) is 30.5 Å². The molecule has 0 atom stereocenters. The largest absolute Gasteiger partial charge is 0.465 e. The second-order valence-electron chi connectivity index (χ2n) is 5.57. The number of nitrogens with zero attached hydrogens (tertiary/aromatic N) is 3. The number of aryl methyl sites for hydroxylation is 1. The standard InChI is InChI=1S/C17H19N5O3S2/c1-2-25-15(24)10-26-17-22-21-16(27-17)20-14(23)9-5-8-13-18-11-6-3-4-7-12(11)19-13/h3-4,6-7H,2,5,8-10H2,1H3,(H,18,19)(H,20,21,23). The summed E-state index contributed by atoms with van der Waals surface area (Å²) in [6.07, 6.45) is 1.73. The first-order chi connectivity index (χ1) is 13.1. The monoisotopic (exact) mass is 405 g/mol. The van der Waals surface area contributed by atoms with Crippen LogP contribution in [0.15, 0.2) is 28.6 Å².